The summed E-state index contributed by atoms with van der Waals surface area (Å²) in [5.41, 5.74) is 5.09. The second-order valence-corrected chi connectivity index (χ2v) is 3.26. The first kappa shape index (κ1) is 6.89. The van der Waals surface area contributed by atoms with Gasteiger partial charge in [0.2, 0.25) is 5.91 Å². The zero-order valence-corrected chi connectivity index (χ0v) is 6.07. The number of rotatable bonds is 1. The van der Waals surface area contributed by atoms with E-state index in [2.05, 4.69) is 5.32 Å². The lowest BCUT2D eigenvalue weighted by Crippen LogP contribution is -2.36. The van der Waals surface area contributed by atoms with Crippen molar-refractivity contribution in [1.82, 2.24) is 5.32 Å². The lowest BCUT2D eigenvalue weighted by atomic mass is 10.2. The normalized spacial score (nSPS) is 34.8. The van der Waals surface area contributed by atoms with Crippen LogP contribution in [0.3, 0.4) is 0 Å². The SMILES string of the molecule is CC1NCSC1C(N)=O. The second-order valence-electron chi connectivity index (χ2n) is 2.13. The predicted molar refractivity (Wildman–Crippen MR) is 38.0 cm³/mol. The smallest absolute Gasteiger partial charge is 0.232 e. The molecule has 0 bridgehead atoms. The molecule has 0 aromatic heterocycles. The van der Waals surface area contributed by atoms with Gasteiger partial charge in [-0.3, -0.25) is 4.79 Å². The summed E-state index contributed by atoms with van der Waals surface area (Å²) < 4.78 is 0. The van der Waals surface area contributed by atoms with E-state index in [1.165, 1.54) is 0 Å². The number of thioether (sulfide) groups is 1. The fourth-order valence-corrected chi connectivity index (χ4v) is 1.94. The molecule has 3 N–H and O–H groups in total. The van der Waals surface area contributed by atoms with Crippen LogP contribution in [-0.2, 0) is 4.79 Å². The Hall–Kier alpha value is -0.220. The largest absolute Gasteiger partial charge is 0.369 e. The number of hydrogen-bond acceptors (Lipinski definition) is 3. The molecule has 1 amide bonds. The van der Waals surface area contributed by atoms with Crippen molar-refractivity contribution in [3.63, 3.8) is 0 Å². The molecule has 0 aromatic rings. The zero-order valence-electron chi connectivity index (χ0n) is 5.26. The maximum atomic E-state index is 10.6. The Labute approximate surface area is 58.4 Å². The number of nitrogens with one attached hydrogen (secondary N) is 1. The molecule has 1 rings (SSSR count). The second kappa shape index (κ2) is 2.58. The van der Waals surface area contributed by atoms with Gasteiger partial charge in [-0.2, -0.15) is 0 Å². The summed E-state index contributed by atoms with van der Waals surface area (Å²) in [6, 6.07) is 0.243. The number of carbonyl (C=O) groups excluding carboxylic acids is 1. The van der Waals surface area contributed by atoms with Gasteiger partial charge in [-0.1, -0.05) is 0 Å². The summed E-state index contributed by atoms with van der Waals surface area (Å²) in [5.74, 6) is 0.631. The summed E-state index contributed by atoms with van der Waals surface area (Å²) in [6.07, 6.45) is 0. The molecule has 9 heavy (non-hydrogen) atoms. The van der Waals surface area contributed by atoms with Crippen LogP contribution in [0, 0.1) is 0 Å². The maximum absolute atomic E-state index is 10.6. The van der Waals surface area contributed by atoms with Gasteiger partial charge < -0.3 is 11.1 Å². The molecule has 0 spiro atoms. The number of nitrogens with two attached hydrogens (primary N) is 1. The molecule has 4 heteroatoms. The van der Waals surface area contributed by atoms with Gasteiger partial charge in [-0.15, -0.1) is 11.8 Å². The van der Waals surface area contributed by atoms with Gasteiger partial charge in [0.1, 0.15) is 0 Å². The molecule has 2 atom stereocenters. The van der Waals surface area contributed by atoms with E-state index in [0.29, 0.717) is 0 Å². The lowest BCUT2D eigenvalue weighted by Gasteiger charge is -2.07. The minimum absolute atomic E-state index is 0.0231. The third kappa shape index (κ3) is 1.37. The van der Waals surface area contributed by atoms with E-state index in [-0.39, 0.29) is 17.2 Å². The van der Waals surface area contributed by atoms with Crippen molar-refractivity contribution in [2.45, 2.75) is 18.2 Å². The zero-order chi connectivity index (χ0) is 6.85. The van der Waals surface area contributed by atoms with Gasteiger partial charge in [0.15, 0.2) is 0 Å². The molecule has 0 saturated carbocycles. The molecule has 0 radical (unpaired) electrons. The maximum Gasteiger partial charge on any atom is 0.232 e. The average Bonchev–Trinajstić information content (AvgIpc) is 2.13. The third-order valence-corrected chi connectivity index (χ3v) is 2.74. The van der Waals surface area contributed by atoms with Crippen molar-refractivity contribution in [3.05, 3.63) is 0 Å². The summed E-state index contributed by atoms with van der Waals surface area (Å²) in [4.78, 5) is 10.6. The van der Waals surface area contributed by atoms with Gasteiger partial charge in [0, 0.05) is 11.9 Å². The average molecular weight is 146 g/mol. The highest BCUT2D eigenvalue weighted by molar-refractivity contribution is 8.00. The quantitative estimate of drug-likeness (QED) is 0.525. The molecule has 1 saturated heterocycles. The van der Waals surface area contributed by atoms with Crippen molar-refractivity contribution in [2.24, 2.45) is 5.73 Å². The molecule has 0 aromatic carbocycles. The number of amides is 1. The summed E-state index contributed by atoms with van der Waals surface area (Å²) in [6.45, 7) is 1.97. The Kier molecular flexibility index (Phi) is 1.97. The molecule has 1 aliphatic heterocycles. The van der Waals surface area contributed by atoms with Crippen molar-refractivity contribution in [3.8, 4) is 0 Å². The fraction of sp³-hybridized carbons (Fsp3) is 0.800. The minimum Gasteiger partial charge on any atom is -0.369 e. The van der Waals surface area contributed by atoms with Crippen molar-refractivity contribution >= 4 is 17.7 Å². The van der Waals surface area contributed by atoms with Gasteiger partial charge >= 0.3 is 0 Å². The van der Waals surface area contributed by atoms with E-state index in [1.807, 2.05) is 6.92 Å². The highest BCUT2D eigenvalue weighted by atomic mass is 32.2. The van der Waals surface area contributed by atoms with Gasteiger partial charge in [0.25, 0.3) is 0 Å². The first-order chi connectivity index (χ1) is 4.22. The van der Waals surface area contributed by atoms with E-state index < -0.39 is 0 Å². The highest BCUT2D eigenvalue weighted by Crippen LogP contribution is 2.19. The monoisotopic (exact) mass is 146 g/mol. The Bertz CT molecular complexity index is 128. The van der Waals surface area contributed by atoms with Crippen molar-refractivity contribution in [2.75, 3.05) is 5.88 Å². The predicted octanol–water partition coefficient (Wildman–Crippen LogP) is -0.477. The van der Waals surface area contributed by atoms with E-state index >= 15 is 0 Å². The fourth-order valence-electron chi connectivity index (χ4n) is 0.849. The van der Waals surface area contributed by atoms with Gasteiger partial charge in [-0.25, -0.2) is 0 Å². The standard InChI is InChI=1S/C5H10N2OS/c1-3-4(5(6)8)9-2-7-3/h3-4,7H,2H2,1H3,(H2,6,8). The molecule has 3 nitrogen and oxygen atoms in total. The van der Waals surface area contributed by atoms with Crippen LogP contribution in [0.5, 0.6) is 0 Å². The Morgan fingerprint density at radius 2 is 2.56 bits per heavy atom. The molecular weight excluding hydrogens is 136 g/mol. The van der Waals surface area contributed by atoms with Crippen LogP contribution in [0.25, 0.3) is 0 Å². The number of carbonyl (C=O) groups is 1. The third-order valence-electron chi connectivity index (χ3n) is 1.40. The van der Waals surface area contributed by atoms with Crippen LogP contribution >= 0.6 is 11.8 Å². The molecule has 1 aliphatic rings. The minimum atomic E-state index is -0.211. The summed E-state index contributed by atoms with van der Waals surface area (Å²) in [7, 11) is 0. The summed E-state index contributed by atoms with van der Waals surface area (Å²) in [5, 5.41) is 3.09. The molecule has 1 fully saturated rings. The van der Waals surface area contributed by atoms with Crippen LogP contribution in [0.4, 0.5) is 0 Å². The number of primary amides is 1. The van der Waals surface area contributed by atoms with Crippen LogP contribution in [0.15, 0.2) is 0 Å². The van der Waals surface area contributed by atoms with Gasteiger partial charge in [0.05, 0.1) is 5.25 Å². The van der Waals surface area contributed by atoms with Crippen LogP contribution in [-0.4, -0.2) is 23.1 Å². The highest BCUT2D eigenvalue weighted by Gasteiger charge is 2.27. The Morgan fingerprint density at radius 3 is 2.78 bits per heavy atom. The van der Waals surface area contributed by atoms with E-state index in [0.717, 1.165) is 5.88 Å². The molecule has 2 unspecified atom stereocenters. The topological polar surface area (TPSA) is 55.1 Å². The van der Waals surface area contributed by atoms with Crippen LogP contribution < -0.4 is 11.1 Å². The molecule has 1 heterocycles. The molecule has 52 valence electrons. The first-order valence-corrected chi connectivity index (χ1v) is 3.91. The van der Waals surface area contributed by atoms with Gasteiger partial charge in [-0.05, 0) is 6.92 Å². The Morgan fingerprint density at radius 1 is 1.89 bits per heavy atom. The number of hydrogen-bond donors (Lipinski definition) is 2. The van der Waals surface area contributed by atoms with E-state index in [9.17, 15) is 4.79 Å². The van der Waals surface area contributed by atoms with Crippen molar-refractivity contribution in [1.29, 1.82) is 0 Å². The Balaban J connectivity index is 2.49. The summed E-state index contributed by atoms with van der Waals surface area (Å²) >= 11 is 1.57. The van der Waals surface area contributed by atoms with E-state index in [4.69, 9.17) is 5.73 Å². The van der Waals surface area contributed by atoms with E-state index in [1.54, 1.807) is 11.8 Å². The lowest BCUT2D eigenvalue weighted by molar-refractivity contribution is -0.117. The van der Waals surface area contributed by atoms with Crippen LogP contribution in [0.2, 0.25) is 0 Å². The van der Waals surface area contributed by atoms with Crippen LogP contribution in [0.1, 0.15) is 6.92 Å². The molecule has 0 aliphatic carbocycles. The molecular formula is C5H10N2OS. The van der Waals surface area contributed by atoms with Crippen molar-refractivity contribution < 1.29 is 4.79 Å². The first-order valence-electron chi connectivity index (χ1n) is 2.86.